The number of ether oxygens (including phenoxy) is 1. The number of hydrogen-bond donors (Lipinski definition) is 1. The first-order chi connectivity index (χ1) is 13.8. The number of rotatable bonds is 6. The van der Waals surface area contributed by atoms with Crippen LogP contribution in [0.4, 0.5) is 17.5 Å². The maximum absolute atomic E-state index is 12.3. The van der Waals surface area contributed by atoms with Gasteiger partial charge in [-0.15, -0.1) is 0 Å². The Hall–Kier alpha value is -3.48. The van der Waals surface area contributed by atoms with Crippen molar-refractivity contribution in [1.29, 1.82) is 0 Å². The van der Waals surface area contributed by atoms with Crippen molar-refractivity contribution in [2.45, 2.75) is 19.9 Å². The zero-order chi connectivity index (χ0) is 19.3. The summed E-state index contributed by atoms with van der Waals surface area (Å²) in [5, 5.41) is 3.25. The van der Waals surface area contributed by atoms with Gasteiger partial charge in [-0.3, -0.25) is 4.98 Å². The molecule has 2 aromatic heterocycles. The van der Waals surface area contributed by atoms with Crippen molar-refractivity contribution in [3.8, 4) is 0 Å². The van der Waals surface area contributed by atoms with Crippen molar-refractivity contribution in [1.82, 2.24) is 15.0 Å². The Kier molecular flexibility index (Phi) is 5.14. The van der Waals surface area contributed by atoms with E-state index in [0.29, 0.717) is 30.5 Å². The summed E-state index contributed by atoms with van der Waals surface area (Å²) in [4.78, 5) is 27.5. The quantitative estimate of drug-likeness (QED) is 0.662. The molecular formula is C21H21N5O2. The molecule has 0 radical (unpaired) electrons. The Labute approximate surface area is 163 Å². The van der Waals surface area contributed by atoms with Crippen molar-refractivity contribution < 1.29 is 9.53 Å². The van der Waals surface area contributed by atoms with Gasteiger partial charge in [0.15, 0.2) is 0 Å². The van der Waals surface area contributed by atoms with Gasteiger partial charge in [-0.1, -0.05) is 18.2 Å². The highest BCUT2D eigenvalue weighted by Crippen LogP contribution is 2.33. The number of para-hydroxylation sites is 1. The summed E-state index contributed by atoms with van der Waals surface area (Å²) in [5.41, 5.74) is 3.74. The highest BCUT2D eigenvalue weighted by Gasteiger charge is 2.24. The summed E-state index contributed by atoms with van der Waals surface area (Å²) < 4.78 is 5.16. The van der Waals surface area contributed by atoms with E-state index < -0.39 is 5.97 Å². The van der Waals surface area contributed by atoms with Gasteiger partial charge in [0.05, 0.1) is 6.61 Å². The molecule has 0 aliphatic carbocycles. The van der Waals surface area contributed by atoms with E-state index in [4.69, 9.17) is 4.74 Å². The second kappa shape index (κ2) is 8.04. The average Bonchev–Trinajstić information content (AvgIpc) is 3.17. The molecule has 1 N–H and O–H groups in total. The number of anilines is 3. The van der Waals surface area contributed by atoms with Gasteiger partial charge in [0.25, 0.3) is 0 Å². The molecule has 3 aromatic rings. The predicted octanol–water partition coefficient (Wildman–Crippen LogP) is 3.35. The molecule has 1 aliphatic rings. The van der Waals surface area contributed by atoms with Crippen molar-refractivity contribution in [2.24, 2.45) is 0 Å². The third kappa shape index (κ3) is 3.64. The van der Waals surface area contributed by atoms with Gasteiger partial charge in [-0.25, -0.2) is 9.78 Å². The Bertz CT molecular complexity index is 978. The molecule has 7 heteroatoms. The number of fused-ring (bicyclic) bond motifs is 1. The molecule has 0 unspecified atom stereocenters. The van der Waals surface area contributed by atoms with Crippen LogP contribution in [-0.4, -0.2) is 34.1 Å². The molecule has 1 aromatic carbocycles. The number of nitrogens with one attached hydrogen (secondary N) is 1. The van der Waals surface area contributed by atoms with Crippen LogP contribution in [0.5, 0.6) is 0 Å². The van der Waals surface area contributed by atoms with Gasteiger partial charge in [0.1, 0.15) is 11.4 Å². The fourth-order valence-corrected chi connectivity index (χ4v) is 3.23. The van der Waals surface area contributed by atoms with Crippen LogP contribution in [0.3, 0.4) is 0 Å². The molecular weight excluding hydrogens is 354 g/mol. The minimum Gasteiger partial charge on any atom is -0.462 e. The van der Waals surface area contributed by atoms with Gasteiger partial charge in [-0.05, 0) is 42.7 Å². The molecule has 0 amide bonds. The fourth-order valence-electron chi connectivity index (χ4n) is 3.23. The van der Waals surface area contributed by atoms with Crippen LogP contribution in [0.15, 0.2) is 55.0 Å². The molecule has 3 heterocycles. The van der Waals surface area contributed by atoms with Crippen LogP contribution < -0.4 is 10.2 Å². The number of esters is 1. The molecule has 0 spiro atoms. The molecule has 0 saturated heterocycles. The summed E-state index contributed by atoms with van der Waals surface area (Å²) in [6, 6.07) is 12.0. The Morgan fingerprint density at radius 1 is 1.21 bits per heavy atom. The fraction of sp³-hybridized carbons (Fsp3) is 0.238. The van der Waals surface area contributed by atoms with Gasteiger partial charge >= 0.3 is 5.97 Å². The van der Waals surface area contributed by atoms with E-state index in [1.165, 1.54) is 11.8 Å². The van der Waals surface area contributed by atoms with E-state index in [0.717, 1.165) is 24.2 Å². The Balaban J connectivity index is 1.65. The lowest BCUT2D eigenvalue weighted by Gasteiger charge is -2.19. The highest BCUT2D eigenvalue weighted by atomic mass is 16.5. The minimum atomic E-state index is -0.437. The van der Waals surface area contributed by atoms with E-state index in [1.807, 2.05) is 24.3 Å². The molecule has 0 saturated carbocycles. The summed E-state index contributed by atoms with van der Waals surface area (Å²) >= 11 is 0. The Morgan fingerprint density at radius 3 is 2.86 bits per heavy atom. The maximum atomic E-state index is 12.3. The summed E-state index contributed by atoms with van der Waals surface area (Å²) in [6.45, 7) is 3.39. The number of nitrogens with zero attached hydrogens (tertiary/aromatic N) is 4. The Morgan fingerprint density at radius 2 is 2.04 bits per heavy atom. The van der Waals surface area contributed by atoms with E-state index in [-0.39, 0.29) is 0 Å². The zero-order valence-corrected chi connectivity index (χ0v) is 15.6. The standard InChI is InChI=1S/C21H21N5O2/c1-2-28-20(27)17-14-24-21(26-12-9-16-5-3-4-6-18(16)26)25-19(17)23-13-15-7-10-22-11-8-15/h3-8,10-11,14H,2,9,12-13H2,1H3,(H,23,24,25). The highest BCUT2D eigenvalue weighted by molar-refractivity contribution is 5.94. The lowest BCUT2D eigenvalue weighted by Crippen LogP contribution is -2.19. The van der Waals surface area contributed by atoms with Gasteiger partial charge in [0.2, 0.25) is 5.95 Å². The zero-order valence-electron chi connectivity index (χ0n) is 15.6. The van der Waals surface area contributed by atoms with E-state index in [1.54, 1.807) is 19.3 Å². The normalized spacial score (nSPS) is 12.5. The van der Waals surface area contributed by atoms with Crippen LogP contribution >= 0.6 is 0 Å². The first-order valence-corrected chi connectivity index (χ1v) is 9.28. The SMILES string of the molecule is CCOC(=O)c1cnc(N2CCc3ccccc32)nc1NCc1ccncc1. The van der Waals surface area contributed by atoms with Crippen LogP contribution in [0.2, 0.25) is 0 Å². The monoisotopic (exact) mass is 375 g/mol. The van der Waals surface area contributed by atoms with Gasteiger partial charge in [-0.2, -0.15) is 4.98 Å². The molecule has 0 atom stereocenters. The third-order valence-electron chi connectivity index (χ3n) is 4.61. The van der Waals surface area contributed by atoms with E-state index in [2.05, 4.69) is 37.3 Å². The maximum Gasteiger partial charge on any atom is 0.343 e. The lowest BCUT2D eigenvalue weighted by atomic mass is 10.2. The van der Waals surface area contributed by atoms with E-state index >= 15 is 0 Å². The first-order valence-electron chi connectivity index (χ1n) is 9.28. The second-order valence-electron chi connectivity index (χ2n) is 6.39. The van der Waals surface area contributed by atoms with Crippen LogP contribution in [0, 0.1) is 0 Å². The number of carbonyl (C=O) groups is 1. The van der Waals surface area contributed by atoms with Gasteiger partial charge < -0.3 is 15.0 Å². The summed E-state index contributed by atoms with van der Waals surface area (Å²) in [7, 11) is 0. The summed E-state index contributed by atoms with van der Waals surface area (Å²) in [5.74, 6) is 0.591. The topological polar surface area (TPSA) is 80.2 Å². The number of benzene rings is 1. The van der Waals surface area contributed by atoms with Crippen LogP contribution in [0.25, 0.3) is 0 Å². The van der Waals surface area contributed by atoms with Crippen LogP contribution in [0.1, 0.15) is 28.4 Å². The molecule has 0 fully saturated rings. The predicted molar refractivity (Wildman–Crippen MR) is 107 cm³/mol. The second-order valence-corrected chi connectivity index (χ2v) is 6.39. The van der Waals surface area contributed by atoms with Crippen molar-refractivity contribution in [3.05, 3.63) is 71.7 Å². The van der Waals surface area contributed by atoms with Crippen LogP contribution in [-0.2, 0) is 17.7 Å². The molecule has 1 aliphatic heterocycles. The lowest BCUT2D eigenvalue weighted by molar-refractivity contribution is 0.0526. The smallest absolute Gasteiger partial charge is 0.343 e. The molecule has 28 heavy (non-hydrogen) atoms. The van der Waals surface area contributed by atoms with E-state index in [9.17, 15) is 4.79 Å². The number of hydrogen-bond acceptors (Lipinski definition) is 7. The van der Waals surface area contributed by atoms with Crippen molar-refractivity contribution in [3.63, 3.8) is 0 Å². The molecule has 0 bridgehead atoms. The first kappa shape index (κ1) is 17.9. The van der Waals surface area contributed by atoms with Gasteiger partial charge in [0, 0.05) is 37.4 Å². The largest absolute Gasteiger partial charge is 0.462 e. The minimum absolute atomic E-state index is 0.296. The third-order valence-corrected chi connectivity index (χ3v) is 4.61. The molecule has 4 rings (SSSR count). The molecule has 142 valence electrons. The van der Waals surface area contributed by atoms with Crippen molar-refractivity contribution >= 4 is 23.4 Å². The number of pyridine rings is 1. The number of aromatic nitrogens is 3. The number of carbonyl (C=O) groups excluding carboxylic acids is 1. The molecule has 7 nitrogen and oxygen atoms in total. The summed E-state index contributed by atoms with van der Waals surface area (Å²) in [6.07, 6.45) is 5.95. The average molecular weight is 375 g/mol. The van der Waals surface area contributed by atoms with Crippen molar-refractivity contribution in [2.75, 3.05) is 23.4 Å².